The van der Waals surface area contributed by atoms with Gasteiger partial charge in [-0.1, -0.05) is 19.9 Å². The number of aliphatic hydroxyl groups is 1. The van der Waals surface area contributed by atoms with Crippen LogP contribution in [0.15, 0.2) is 35.3 Å². The largest absolute Gasteiger partial charge is 0.464 e. The Kier molecular flexibility index (Phi) is 8.56. The number of aryl methyl sites for hydroxylation is 2. The minimum atomic E-state index is -0.883. The first-order chi connectivity index (χ1) is 17.6. The summed E-state index contributed by atoms with van der Waals surface area (Å²) in [5, 5.41) is 17.0. The second-order valence-corrected chi connectivity index (χ2v) is 10.7. The summed E-state index contributed by atoms with van der Waals surface area (Å²) in [7, 11) is 1.78. The number of aromatic nitrogens is 1. The van der Waals surface area contributed by atoms with Crippen molar-refractivity contribution in [2.75, 3.05) is 30.0 Å². The molecule has 37 heavy (non-hydrogen) atoms. The van der Waals surface area contributed by atoms with Crippen molar-refractivity contribution in [1.29, 1.82) is 0 Å². The van der Waals surface area contributed by atoms with E-state index in [-0.39, 0.29) is 23.7 Å². The molecule has 0 spiro atoms. The summed E-state index contributed by atoms with van der Waals surface area (Å²) in [6.45, 7) is 9.62. The van der Waals surface area contributed by atoms with Crippen molar-refractivity contribution in [2.24, 2.45) is 13.0 Å². The van der Waals surface area contributed by atoms with Gasteiger partial charge in [-0.2, -0.15) is 0 Å². The SMILES string of the molecule is Cc1cc(C2Nc3cc(CN[C@H](C(=O)OCC(C)C)[C@@H](C)O)ccc3N2C[C@H]2CCCO2)cn(C)c1=O. The lowest BCUT2D eigenvalue weighted by Crippen LogP contribution is -2.45. The van der Waals surface area contributed by atoms with Gasteiger partial charge in [0, 0.05) is 44.1 Å². The molecule has 1 aromatic heterocycles. The van der Waals surface area contributed by atoms with Crippen LogP contribution < -0.4 is 21.1 Å². The van der Waals surface area contributed by atoms with Gasteiger partial charge in [-0.3, -0.25) is 14.9 Å². The van der Waals surface area contributed by atoms with Crippen molar-refractivity contribution in [1.82, 2.24) is 9.88 Å². The van der Waals surface area contributed by atoms with Gasteiger partial charge in [-0.25, -0.2) is 0 Å². The Balaban J connectivity index is 1.54. The van der Waals surface area contributed by atoms with Crippen LogP contribution >= 0.6 is 0 Å². The van der Waals surface area contributed by atoms with Crippen LogP contribution in [-0.2, 0) is 27.9 Å². The number of benzene rings is 1. The first-order valence-corrected chi connectivity index (χ1v) is 13.2. The Morgan fingerprint density at radius 2 is 2.08 bits per heavy atom. The highest BCUT2D eigenvalue weighted by Crippen LogP contribution is 2.42. The average Bonchev–Trinajstić information content (AvgIpc) is 3.49. The molecular formula is C28H40N4O5. The maximum Gasteiger partial charge on any atom is 0.325 e. The van der Waals surface area contributed by atoms with E-state index in [1.807, 2.05) is 39.1 Å². The van der Waals surface area contributed by atoms with E-state index in [2.05, 4.69) is 27.7 Å². The van der Waals surface area contributed by atoms with Crippen LogP contribution in [0.4, 0.5) is 11.4 Å². The zero-order valence-electron chi connectivity index (χ0n) is 22.5. The van der Waals surface area contributed by atoms with E-state index in [1.54, 1.807) is 18.5 Å². The molecule has 0 bridgehead atoms. The number of nitrogens with zero attached hydrogens (tertiary/aromatic N) is 2. The fraction of sp³-hybridized carbons (Fsp3) is 0.571. The lowest BCUT2D eigenvalue weighted by atomic mass is 10.1. The van der Waals surface area contributed by atoms with E-state index in [9.17, 15) is 14.7 Å². The van der Waals surface area contributed by atoms with E-state index in [1.165, 1.54) is 0 Å². The van der Waals surface area contributed by atoms with Crippen molar-refractivity contribution in [3.63, 3.8) is 0 Å². The summed E-state index contributed by atoms with van der Waals surface area (Å²) in [4.78, 5) is 27.1. The fourth-order valence-corrected chi connectivity index (χ4v) is 4.97. The van der Waals surface area contributed by atoms with E-state index < -0.39 is 18.1 Å². The third kappa shape index (κ3) is 6.34. The molecule has 9 heteroatoms. The first-order valence-electron chi connectivity index (χ1n) is 13.2. The molecule has 1 fully saturated rings. The van der Waals surface area contributed by atoms with Crippen molar-refractivity contribution in [3.8, 4) is 0 Å². The van der Waals surface area contributed by atoms with Crippen LogP contribution in [-0.4, -0.2) is 53.7 Å². The molecule has 2 aromatic rings. The van der Waals surface area contributed by atoms with Crippen LogP contribution in [0, 0.1) is 12.8 Å². The summed E-state index contributed by atoms with van der Waals surface area (Å²) in [6, 6.07) is 7.32. The van der Waals surface area contributed by atoms with Crippen LogP contribution in [0.5, 0.6) is 0 Å². The molecule has 1 saturated heterocycles. The third-order valence-electron chi connectivity index (χ3n) is 6.92. The second-order valence-electron chi connectivity index (χ2n) is 10.7. The quantitative estimate of drug-likeness (QED) is 0.418. The number of hydrogen-bond acceptors (Lipinski definition) is 8. The van der Waals surface area contributed by atoms with Gasteiger partial charge >= 0.3 is 5.97 Å². The molecule has 2 aliphatic rings. The van der Waals surface area contributed by atoms with Crippen LogP contribution in [0.2, 0.25) is 0 Å². The molecule has 0 radical (unpaired) electrons. The number of hydrogen-bond donors (Lipinski definition) is 3. The molecule has 0 saturated carbocycles. The molecule has 3 N–H and O–H groups in total. The van der Waals surface area contributed by atoms with Gasteiger partial charge in [-0.05, 0) is 56.4 Å². The Hall–Kier alpha value is -2.88. The van der Waals surface area contributed by atoms with E-state index in [0.717, 1.165) is 48.5 Å². The molecule has 0 amide bonds. The molecule has 2 aliphatic heterocycles. The number of esters is 1. The maximum absolute atomic E-state index is 12.5. The topological polar surface area (TPSA) is 105 Å². The highest BCUT2D eigenvalue weighted by atomic mass is 16.5. The second kappa shape index (κ2) is 11.7. The van der Waals surface area contributed by atoms with Crippen molar-refractivity contribution < 1.29 is 19.4 Å². The summed E-state index contributed by atoms with van der Waals surface area (Å²) >= 11 is 0. The number of anilines is 2. The highest BCUT2D eigenvalue weighted by molar-refractivity contribution is 5.78. The number of nitrogens with one attached hydrogen (secondary N) is 2. The van der Waals surface area contributed by atoms with Gasteiger partial charge < -0.3 is 29.4 Å². The van der Waals surface area contributed by atoms with Crippen molar-refractivity contribution in [3.05, 3.63) is 57.5 Å². The number of pyridine rings is 1. The highest BCUT2D eigenvalue weighted by Gasteiger charge is 2.33. The molecular weight excluding hydrogens is 472 g/mol. The lowest BCUT2D eigenvalue weighted by Gasteiger charge is -2.29. The zero-order valence-corrected chi connectivity index (χ0v) is 22.5. The maximum atomic E-state index is 12.5. The summed E-state index contributed by atoms with van der Waals surface area (Å²) < 4.78 is 12.9. The van der Waals surface area contributed by atoms with Crippen LogP contribution in [0.3, 0.4) is 0 Å². The van der Waals surface area contributed by atoms with Gasteiger partial charge in [0.15, 0.2) is 0 Å². The first kappa shape index (κ1) is 27.2. The molecule has 202 valence electrons. The van der Waals surface area contributed by atoms with Gasteiger partial charge in [0.2, 0.25) is 0 Å². The van der Waals surface area contributed by atoms with Gasteiger partial charge in [0.1, 0.15) is 12.2 Å². The molecule has 1 aromatic carbocycles. The number of carbonyl (C=O) groups excluding carboxylic acids is 1. The van der Waals surface area contributed by atoms with Crippen molar-refractivity contribution in [2.45, 2.75) is 71.5 Å². The standard InChI is InChI=1S/C28H40N4O5/c1-17(2)16-37-28(35)25(19(4)33)29-13-20-8-9-24-23(12-20)30-26(32(24)15-22-7-6-10-36-22)21-11-18(3)27(34)31(5)14-21/h8-9,11-12,14,17,19,22,25-26,29-30,33H,6-7,10,13,15-16H2,1-5H3/t19-,22-,25+,26?/m1/s1. The van der Waals surface area contributed by atoms with E-state index in [0.29, 0.717) is 18.7 Å². The summed E-state index contributed by atoms with van der Waals surface area (Å²) in [5.41, 5.74) is 4.73. The molecule has 4 atom stereocenters. The number of aliphatic hydroxyl groups excluding tert-OH is 1. The normalized spacial score (nSPS) is 20.6. The molecule has 9 nitrogen and oxygen atoms in total. The van der Waals surface area contributed by atoms with Gasteiger partial charge in [0.25, 0.3) is 5.56 Å². The monoisotopic (exact) mass is 512 g/mol. The van der Waals surface area contributed by atoms with E-state index >= 15 is 0 Å². The Bertz CT molecular complexity index is 1130. The minimum Gasteiger partial charge on any atom is -0.464 e. The number of ether oxygens (including phenoxy) is 2. The predicted octanol–water partition coefficient (Wildman–Crippen LogP) is 2.84. The Morgan fingerprint density at radius 1 is 1.30 bits per heavy atom. The molecule has 1 unspecified atom stereocenters. The molecule has 0 aliphatic carbocycles. The van der Waals surface area contributed by atoms with Crippen LogP contribution in [0.25, 0.3) is 0 Å². The lowest BCUT2D eigenvalue weighted by molar-refractivity contribution is -0.150. The minimum absolute atomic E-state index is 0.00196. The Morgan fingerprint density at radius 3 is 2.73 bits per heavy atom. The zero-order chi connectivity index (χ0) is 26.7. The number of fused-ring (bicyclic) bond motifs is 1. The van der Waals surface area contributed by atoms with Gasteiger partial charge in [-0.15, -0.1) is 0 Å². The third-order valence-corrected chi connectivity index (χ3v) is 6.92. The predicted molar refractivity (Wildman–Crippen MR) is 144 cm³/mol. The number of rotatable bonds is 10. The summed E-state index contributed by atoms with van der Waals surface area (Å²) in [6.07, 6.45) is 3.13. The fourth-order valence-electron chi connectivity index (χ4n) is 4.97. The average molecular weight is 513 g/mol. The number of carbonyl (C=O) groups is 1. The Labute approximate surface area is 218 Å². The van der Waals surface area contributed by atoms with Crippen molar-refractivity contribution >= 4 is 17.3 Å². The van der Waals surface area contributed by atoms with Gasteiger partial charge in [0.05, 0.1) is 30.2 Å². The smallest absolute Gasteiger partial charge is 0.325 e. The van der Waals surface area contributed by atoms with Crippen LogP contribution in [0.1, 0.15) is 56.5 Å². The van der Waals surface area contributed by atoms with E-state index in [4.69, 9.17) is 9.47 Å². The molecule has 3 heterocycles. The molecule has 4 rings (SSSR count). The summed E-state index contributed by atoms with van der Waals surface area (Å²) in [5.74, 6) is -0.224.